The van der Waals surface area contributed by atoms with E-state index in [2.05, 4.69) is 38.3 Å². The molecule has 0 aliphatic carbocycles. The second-order valence-electron chi connectivity index (χ2n) is 10.4. The van der Waals surface area contributed by atoms with Crippen LogP contribution in [0.3, 0.4) is 0 Å². The molecule has 0 saturated carbocycles. The summed E-state index contributed by atoms with van der Waals surface area (Å²) in [5.74, 6) is 2.72. The van der Waals surface area contributed by atoms with E-state index in [4.69, 9.17) is 9.47 Å². The highest BCUT2D eigenvalue weighted by atomic mass is 16.5. The third-order valence-electron chi connectivity index (χ3n) is 6.09. The molecule has 2 aromatic rings. The molecule has 0 heterocycles. The molecule has 2 rings (SSSR count). The number of ether oxygens (including phenoxy) is 2. The highest BCUT2D eigenvalue weighted by Gasteiger charge is 2.07. The summed E-state index contributed by atoms with van der Waals surface area (Å²) >= 11 is 0. The quantitative estimate of drug-likeness (QED) is 0.220. The summed E-state index contributed by atoms with van der Waals surface area (Å²) in [6, 6.07) is 14.7. The Labute approximate surface area is 223 Å². The molecular formula is C31H46N2O4. The van der Waals surface area contributed by atoms with Gasteiger partial charge < -0.3 is 20.1 Å². The predicted molar refractivity (Wildman–Crippen MR) is 151 cm³/mol. The zero-order valence-corrected chi connectivity index (χ0v) is 23.2. The van der Waals surface area contributed by atoms with Gasteiger partial charge >= 0.3 is 0 Å². The maximum Gasteiger partial charge on any atom is 0.251 e. The normalized spacial score (nSPS) is 11.0. The molecule has 0 unspecified atom stereocenters. The van der Waals surface area contributed by atoms with Gasteiger partial charge in [0.2, 0.25) is 0 Å². The molecule has 0 atom stereocenters. The largest absolute Gasteiger partial charge is 0.494 e. The van der Waals surface area contributed by atoms with Crippen LogP contribution in [0, 0.1) is 11.8 Å². The first kappa shape index (κ1) is 30.2. The van der Waals surface area contributed by atoms with E-state index in [0.717, 1.165) is 56.4 Å². The Hall–Kier alpha value is -3.02. The third-order valence-corrected chi connectivity index (χ3v) is 6.09. The summed E-state index contributed by atoms with van der Waals surface area (Å²) in [6.45, 7) is 11.4. The number of carbonyl (C=O) groups is 2. The van der Waals surface area contributed by atoms with Crippen LogP contribution in [0.4, 0.5) is 0 Å². The van der Waals surface area contributed by atoms with E-state index in [1.807, 2.05) is 48.5 Å². The molecule has 0 bridgehead atoms. The van der Waals surface area contributed by atoms with Crippen molar-refractivity contribution < 1.29 is 19.1 Å². The fourth-order valence-electron chi connectivity index (χ4n) is 3.62. The predicted octanol–water partition coefficient (Wildman–Crippen LogP) is 6.65. The second-order valence-corrected chi connectivity index (χ2v) is 10.4. The molecule has 0 radical (unpaired) electrons. The van der Waals surface area contributed by atoms with Crippen LogP contribution in [0.25, 0.3) is 0 Å². The molecule has 0 aliphatic heterocycles. The Balaban J connectivity index is 1.49. The lowest BCUT2D eigenvalue weighted by atomic mass is 10.1. The SMILES string of the molecule is CC(C)CCOc1ccc(C(=O)NCCCCCCCNC(=O)c2ccc(OCCC(C)C)cc2)cc1. The fourth-order valence-corrected chi connectivity index (χ4v) is 3.62. The van der Waals surface area contributed by atoms with Gasteiger partial charge in [0.15, 0.2) is 0 Å². The monoisotopic (exact) mass is 510 g/mol. The van der Waals surface area contributed by atoms with Crippen molar-refractivity contribution in [3.63, 3.8) is 0 Å². The molecule has 2 aromatic carbocycles. The summed E-state index contributed by atoms with van der Waals surface area (Å²) in [7, 11) is 0. The highest BCUT2D eigenvalue weighted by molar-refractivity contribution is 5.94. The Kier molecular flexibility index (Phi) is 14.2. The maximum absolute atomic E-state index is 12.3. The van der Waals surface area contributed by atoms with E-state index in [9.17, 15) is 9.59 Å². The van der Waals surface area contributed by atoms with Gasteiger partial charge in [-0.05, 0) is 86.1 Å². The number of unbranched alkanes of at least 4 members (excludes halogenated alkanes) is 4. The topological polar surface area (TPSA) is 76.7 Å². The lowest BCUT2D eigenvalue weighted by Gasteiger charge is -2.09. The van der Waals surface area contributed by atoms with Crippen molar-refractivity contribution in [2.75, 3.05) is 26.3 Å². The van der Waals surface area contributed by atoms with Crippen LogP contribution >= 0.6 is 0 Å². The number of amides is 2. The van der Waals surface area contributed by atoms with Crippen LogP contribution in [0.1, 0.15) is 93.4 Å². The first-order valence-corrected chi connectivity index (χ1v) is 13.9. The Morgan fingerprint density at radius 2 is 0.946 bits per heavy atom. The van der Waals surface area contributed by atoms with Gasteiger partial charge in [0.05, 0.1) is 13.2 Å². The molecule has 204 valence electrons. The zero-order chi connectivity index (χ0) is 26.9. The van der Waals surface area contributed by atoms with E-state index >= 15 is 0 Å². The fraction of sp³-hybridized carbons (Fsp3) is 0.548. The second kappa shape index (κ2) is 17.4. The average Bonchev–Trinajstić information content (AvgIpc) is 2.88. The van der Waals surface area contributed by atoms with Crippen LogP contribution < -0.4 is 20.1 Å². The van der Waals surface area contributed by atoms with Crippen LogP contribution in [0.15, 0.2) is 48.5 Å². The van der Waals surface area contributed by atoms with E-state index in [-0.39, 0.29) is 11.8 Å². The van der Waals surface area contributed by atoms with Crippen LogP contribution in [0.2, 0.25) is 0 Å². The molecule has 6 heteroatoms. The van der Waals surface area contributed by atoms with Crippen molar-refractivity contribution >= 4 is 11.8 Å². The molecule has 2 amide bonds. The van der Waals surface area contributed by atoms with Crippen molar-refractivity contribution in [2.24, 2.45) is 11.8 Å². The van der Waals surface area contributed by atoms with Gasteiger partial charge in [-0.1, -0.05) is 47.0 Å². The summed E-state index contributed by atoms with van der Waals surface area (Å²) in [6.07, 6.45) is 7.10. The minimum Gasteiger partial charge on any atom is -0.494 e. The minimum absolute atomic E-state index is 0.0494. The average molecular weight is 511 g/mol. The van der Waals surface area contributed by atoms with Crippen LogP contribution in [-0.2, 0) is 0 Å². The zero-order valence-electron chi connectivity index (χ0n) is 23.2. The molecule has 0 spiro atoms. The lowest BCUT2D eigenvalue weighted by Crippen LogP contribution is -2.24. The summed E-state index contributed by atoms with van der Waals surface area (Å²) in [4.78, 5) is 24.6. The number of nitrogens with one attached hydrogen (secondary N) is 2. The number of hydrogen-bond acceptors (Lipinski definition) is 4. The molecule has 0 saturated heterocycles. The van der Waals surface area contributed by atoms with Gasteiger partial charge in [-0.15, -0.1) is 0 Å². The molecule has 0 aromatic heterocycles. The smallest absolute Gasteiger partial charge is 0.251 e. The first-order chi connectivity index (χ1) is 17.8. The van der Waals surface area contributed by atoms with E-state index < -0.39 is 0 Å². The van der Waals surface area contributed by atoms with Gasteiger partial charge in [-0.3, -0.25) is 9.59 Å². The molecule has 6 nitrogen and oxygen atoms in total. The van der Waals surface area contributed by atoms with Gasteiger partial charge in [0, 0.05) is 24.2 Å². The standard InChI is InChI=1S/C31H46N2O4/c1-24(2)18-22-36-28-14-10-26(11-15-28)30(34)32-20-8-6-5-7-9-21-33-31(35)27-12-16-29(17-13-27)37-23-19-25(3)4/h10-17,24-25H,5-9,18-23H2,1-4H3,(H,32,34)(H,33,35). The Bertz CT molecular complexity index is 832. The summed E-state index contributed by atoms with van der Waals surface area (Å²) < 4.78 is 11.4. The highest BCUT2D eigenvalue weighted by Crippen LogP contribution is 2.15. The number of hydrogen-bond donors (Lipinski definition) is 2. The van der Waals surface area contributed by atoms with E-state index in [1.54, 1.807) is 0 Å². The van der Waals surface area contributed by atoms with Crippen LogP contribution in [-0.4, -0.2) is 38.1 Å². The Morgan fingerprint density at radius 1 is 0.595 bits per heavy atom. The molecule has 0 aliphatic rings. The minimum atomic E-state index is -0.0494. The van der Waals surface area contributed by atoms with Crippen molar-refractivity contribution in [1.82, 2.24) is 10.6 Å². The van der Waals surface area contributed by atoms with Crippen molar-refractivity contribution in [3.05, 3.63) is 59.7 Å². The van der Waals surface area contributed by atoms with Crippen LogP contribution in [0.5, 0.6) is 11.5 Å². The summed E-state index contributed by atoms with van der Waals surface area (Å²) in [5, 5.41) is 5.97. The van der Waals surface area contributed by atoms with Gasteiger partial charge in [-0.25, -0.2) is 0 Å². The molecule has 37 heavy (non-hydrogen) atoms. The van der Waals surface area contributed by atoms with Gasteiger partial charge in [0.1, 0.15) is 11.5 Å². The van der Waals surface area contributed by atoms with E-state index in [1.165, 1.54) is 0 Å². The van der Waals surface area contributed by atoms with Gasteiger partial charge in [0.25, 0.3) is 11.8 Å². The Morgan fingerprint density at radius 3 is 1.30 bits per heavy atom. The van der Waals surface area contributed by atoms with Crippen molar-refractivity contribution in [1.29, 1.82) is 0 Å². The molecular weight excluding hydrogens is 464 g/mol. The maximum atomic E-state index is 12.3. The lowest BCUT2D eigenvalue weighted by molar-refractivity contribution is 0.0945. The van der Waals surface area contributed by atoms with Gasteiger partial charge in [-0.2, -0.15) is 0 Å². The molecule has 0 fully saturated rings. The number of rotatable bonds is 18. The van der Waals surface area contributed by atoms with Crippen molar-refractivity contribution in [3.8, 4) is 11.5 Å². The molecule has 2 N–H and O–H groups in total. The number of benzene rings is 2. The number of carbonyl (C=O) groups excluding carboxylic acids is 2. The first-order valence-electron chi connectivity index (χ1n) is 13.9. The van der Waals surface area contributed by atoms with E-state index in [0.29, 0.717) is 49.3 Å². The summed E-state index contributed by atoms with van der Waals surface area (Å²) in [5.41, 5.74) is 1.31. The van der Waals surface area contributed by atoms with Crippen molar-refractivity contribution in [2.45, 2.75) is 72.6 Å². The third kappa shape index (κ3) is 13.2.